The molecule has 0 aromatic heterocycles. The number of carbonyl (C=O) groups is 1. The third-order valence-electron chi connectivity index (χ3n) is 2.51. The average molecular weight is 217 g/mol. The maximum Gasteiger partial charge on any atom is 0.327 e. The van der Waals surface area contributed by atoms with Crippen molar-refractivity contribution in [1.29, 1.82) is 0 Å². The molecule has 0 spiro atoms. The summed E-state index contributed by atoms with van der Waals surface area (Å²) in [6, 6.07) is 0.347. The third-order valence-corrected chi connectivity index (χ3v) is 2.51. The van der Waals surface area contributed by atoms with Gasteiger partial charge in [0.15, 0.2) is 0 Å². The summed E-state index contributed by atoms with van der Waals surface area (Å²) in [6.45, 7) is 6.35. The molecular weight excluding hydrogens is 198 g/mol. The van der Waals surface area contributed by atoms with Gasteiger partial charge in [0.25, 0.3) is 0 Å². The molecule has 15 heavy (non-hydrogen) atoms. The molecule has 0 aliphatic carbocycles. The Bertz CT molecular complexity index is 213. The van der Waals surface area contributed by atoms with Gasteiger partial charge in [0.2, 0.25) is 0 Å². The number of hydrogen-bond donors (Lipinski definition) is 2. The van der Waals surface area contributed by atoms with E-state index in [9.17, 15) is 4.79 Å². The molecule has 0 aromatic carbocycles. The van der Waals surface area contributed by atoms with Crippen molar-refractivity contribution >= 4 is 5.97 Å². The SMILES string of the molecule is CC1CN(CCC(=O)ONN)C(C)CO1. The number of ether oxygens (including phenoxy) is 1. The lowest BCUT2D eigenvalue weighted by molar-refractivity contribution is -0.152. The highest BCUT2D eigenvalue weighted by Crippen LogP contribution is 2.11. The van der Waals surface area contributed by atoms with E-state index in [4.69, 9.17) is 10.6 Å². The Hall–Kier alpha value is -0.690. The number of rotatable bonds is 4. The van der Waals surface area contributed by atoms with E-state index in [2.05, 4.69) is 16.7 Å². The average Bonchev–Trinajstić information content (AvgIpc) is 2.20. The van der Waals surface area contributed by atoms with Crippen molar-refractivity contribution in [1.82, 2.24) is 10.5 Å². The van der Waals surface area contributed by atoms with Gasteiger partial charge in [-0.05, 0) is 13.8 Å². The maximum atomic E-state index is 11.1. The predicted octanol–water partition coefficient (Wildman–Crippen LogP) is -0.593. The van der Waals surface area contributed by atoms with Crippen molar-refractivity contribution in [2.75, 3.05) is 19.7 Å². The Morgan fingerprint density at radius 3 is 3.07 bits per heavy atom. The Kier molecular flexibility index (Phi) is 4.97. The fourth-order valence-electron chi connectivity index (χ4n) is 1.64. The van der Waals surface area contributed by atoms with E-state index in [-0.39, 0.29) is 12.1 Å². The molecule has 0 amide bonds. The zero-order chi connectivity index (χ0) is 11.3. The smallest absolute Gasteiger partial charge is 0.327 e. The van der Waals surface area contributed by atoms with E-state index >= 15 is 0 Å². The maximum absolute atomic E-state index is 11.1. The van der Waals surface area contributed by atoms with E-state index in [0.29, 0.717) is 25.6 Å². The number of nitrogens with zero attached hydrogens (tertiary/aromatic N) is 1. The lowest BCUT2D eigenvalue weighted by atomic mass is 10.2. The van der Waals surface area contributed by atoms with Crippen LogP contribution >= 0.6 is 0 Å². The number of carbonyl (C=O) groups excluding carboxylic acids is 1. The fourth-order valence-corrected chi connectivity index (χ4v) is 1.64. The summed E-state index contributed by atoms with van der Waals surface area (Å²) in [7, 11) is 0. The second-order valence-corrected chi connectivity index (χ2v) is 3.83. The number of nitrogens with one attached hydrogen (secondary N) is 1. The highest BCUT2D eigenvalue weighted by Gasteiger charge is 2.23. The molecule has 0 saturated carbocycles. The van der Waals surface area contributed by atoms with Gasteiger partial charge in [0.05, 0.1) is 19.1 Å². The standard InChI is InChI=1S/C9H19N3O3/c1-7-6-14-8(2)5-12(7)4-3-9(13)15-11-10/h7-8,11H,3-6,10H2,1-2H3. The van der Waals surface area contributed by atoms with Gasteiger partial charge in [0.1, 0.15) is 0 Å². The van der Waals surface area contributed by atoms with Crippen LogP contribution in [0.4, 0.5) is 0 Å². The molecule has 1 saturated heterocycles. The molecule has 1 rings (SSSR count). The summed E-state index contributed by atoms with van der Waals surface area (Å²) in [5, 5.41) is 0. The Morgan fingerprint density at radius 2 is 2.40 bits per heavy atom. The molecule has 1 aliphatic rings. The summed E-state index contributed by atoms with van der Waals surface area (Å²) in [5.74, 6) is 4.52. The lowest BCUT2D eigenvalue weighted by Crippen LogP contribution is -2.48. The number of morpholine rings is 1. The van der Waals surface area contributed by atoms with Crippen molar-refractivity contribution in [2.24, 2.45) is 5.84 Å². The van der Waals surface area contributed by atoms with Gasteiger partial charge >= 0.3 is 5.97 Å². The summed E-state index contributed by atoms with van der Waals surface area (Å²) in [6.07, 6.45) is 0.561. The Labute approximate surface area is 89.6 Å². The summed E-state index contributed by atoms with van der Waals surface area (Å²) >= 11 is 0. The first-order chi connectivity index (χ1) is 7.13. The monoisotopic (exact) mass is 217 g/mol. The molecular formula is C9H19N3O3. The number of hydrazine groups is 1. The largest absolute Gasteiger partial charge is 0.376 e. The summed E-state index contributed by atoms with van der Waals surface area (Å²) < 4.78 is 5.48. The van der Waals surface area contributed by atoms with Crippen LogP contribution in [0.2, 0.25) is 0 Å². The first kappa shape index (κ1) is 12.4. The number of nitrogens with two attached hydrogens (primary N) is 1. The van der Waals surface area contributed by atoms with Crippen LogP contribution in [0.15, 0.2) is 0 Å². The quantitative estimate of drug-likeness (QED) is 0.484. The second-order valence-electron chi connectivity index (χ2n) is 3.83. The molecule has 0 aromatic rings. The molecule has 0 bridgehead atoms. The molecule has 1 aliphatic heterocycles. The van der Waals surface area contributed by atoms with Crippen molar-refractivity contribution in [3.05, 3.63) is 0 Å². The van der Waals surface area contributed by atoms with E-state index < -0.39 is 0 Å². The van der Waals surface area contributed by atoms with E-state index in [0.717, 1.165) is 6.54 Å². The molecule has 3 N–H and O–H groups in total. The van der Waals surface area contributed by atoms with Crippen molar-refractivity contribution in [3.8, 4) is 0 Å². The van der Waals surface area contributed by atoms with E-state index in [1.165, 1.54) is 0 Å². The topological polar surface area (TPSA) is 76.8 Å². The van der Waals surface area contributed by atoms with Gasteiger partial charge in [-0.25, -0.2) is 5.84 Å². The summed E-state index contributed by atoms with van der Waals surface area (Å²) in [4.78, 5) is 17.7. The van der Waals surface area contributed by atoms with Gasteiger partial charge in [-0.2, -0.15) is 0 Å². The second kappa shape index (κ2) is 6.02. The molecule has 1 fully saturated rings. The van der Waals surface area contributed by atoms with Crippen molar-refractivity contribution in [3.63, 3.8) is 0 Å². The van der Waals surface area contributed by atoms with Crippen LogP contribution in [-0.2, 0) is 14.4 Å². The third kappa shape index (κ3) is 4.13. The Balaban J connectivity index is 2.27. The van der Waals surface area contributed by atoms with Crippen LogP contribution < -0.4 is 11.4 Å². The molecule has 6 heteroatoms. The fraction of sp³-hybridized carbons (Fsp3) is 0.889. The minimum atomic E-state index is -0.344. The van der Waals surface area contributed by atoms with Gasteiger partial charge in [0, 0.05) is 19.1 Å². The van der Waals surface area contributed by atoms with E-state index in [1.54, 1.807) is 0 Å². The van der Waals surface area contributed by atoms with Gasteiger partial charge in [-0.15, -0.1) is 0 Å². The predicted molar refractivity (Wildman–Crippen MR) is 54.5 cm³/mol. The molecule has 0 radical (unpaired) electrons. The lowest BCUT2D eigenvalue weighted by Gasteiger charge is -2.36. The van der Waals surface area contributed by atoms with Crippen LogP contribution in [0.5, 0.6) is 0 Å². The molecule has 2 unspecified atom stereocenters. The van der Waals surface area contributed by atoms with Crippen molar-refractivity contribution in [2.45, 2.75) is 32.4 Å². The van der Waals surface area contributed by atoms with Crippen LogP contribution in [0.3, 0.4) is 0 Å². The minimum Gasteiger partial charge on any atom is -0.376 e. The van der Waals surface area contributed by atoms with Gasteiger partial charge < -0.3 is 9.57 Å². The first-order valence-electron chi connectivity index (χ1n) is 5.14. The van der Waals surface area contributed by atoms with Gasteiger partial charge in [-0.3, -0.25) is 9.69 Å². The van der Waals surface area contributed by atoms with Crippen molar-refractivity contribution < 1.29 is 14.4 Å². The highest BCUT2D eigenvalue weighted by molar-refractivity contribution is 5.69. The van der Waals surface area contributed by atoms with E-state index in [1.807, 2.05) is 12.5 Å². The number of hydrogen-bond acceptors (Lipinski definition) is 6. The van der Waals surface area contributed by atoms with Crippen LogP contribution in [0, 0.1) is 0 Å². The molecule has 88 valence electrons. The normalized spacial score (nSPS) is 27.7. The summed E-state index contributed by atoms with van der Waals surface area (Å²) in [5.41, 5.74) is 1.88. The van der Waals surface area contributed by atoms with Crippen LogP contribution in [-0.4, -0.2) is 42.7 Å². The van der Waals surface area contributed by atoms with Crippen LogP contribution in [0.1, 0.15) is 20.3 Å². The molecule has 6 nitrogen and oxygen atoms in total. The molecule has 2 atom stereocenters. The highest BCUT2D eigenvalue weighted by atomic mass is 16.7. The molecule has 1 heterocycles. The van der Waals surface area contributed by atoms with Crippen LogP contribution in [0.25, 0.3) is 0 Å². The zero-order valence-electron chi connectivity index (χ0n) is 9.23. The zero-order valence-corrected chi connectivity index (χ0v) is 9.23. The van der Waals surface area contributed by atoms with Gasteiger partial charge in [-0.1, -0.05) is 5.59 Å². The first-order valence-corrected chi connectivity index (χ1v) is 5.14. The minimum absolute atomic E-state index is 0.227. The Morgan fingerprint density at radius 1 is 1.67 bits per heavy atom.